The molecule has 1 aromatic carbocycles. The number of carbonyl (C=O) groups excluding carboxylic acids is 1. The summed E-state index contributed by atoms with van der Waals surface area (Å²) in [5.41, 5.74) is 6.82. The average Bonchev–Trinajstić information content (AvgIpc) is 2.74. The largest absolute Gasteiger partial charge is 0.494 e. The molecule has 1 aromatic heterocycles. The second kappa shape index (κ2) is 5.99. The molecule has 0 unspecified atom stereocenters. The third-order valence-electron chi connectivity index (χ3n) is 3.46. The predicted octanol–water partition coefficient (Wildman–Crippen LogP) is 1.63. The minimum atomic E-state index is -0.510. The number of carbonyl (C=O) groups is 1. The molecule has 0 bridgehead atoms. The van der Waals surface area contributed by atoms with E-state index in [-0.39, 0.29) is 24.1 Å². The Kier molecular flexibility index (Phi) is 4.30. The van der Waals surface area contributed by atoms with Crippen molar-refractivity contribution in [3.63, 3.8) is 0 Å². The van der Waals surface area contributed by atoms with E-state index in [1.165, 1.54) is 19.2 Å². The first-order valence-corrected chi connectivity index (χ1v) is 6.78. The fourth-order valence-corrected chi connectivity index (χ4v) is 2.28. The molecule has 0 saturated heterocycles. The fourth-order valence-electron chi connectivity index (χ4n) is 2.28. The van der Waals surface area contributed by atoms with E-state index in [1.807, 2.05) is 13.8 Å². The van der Waals surface area contributed by atoms with Crippen molar-refractivity contribution in [2.24, 2.45) is 0 Å². The van der Waals surface area contributed by atoms with Gasteiger partial charge in [0, 0.05) is 25.2 Å². The van der Waals surface area contributed by atoms with E-state index >= 15 is 0 Å². The Hall–Kier alpha value is -2.31. The summed E-state index contributed by atoms with van der Waals surface area (Å²) in [6.45, 7) is 5.14. The SMILES string of the molecule is CCN(CC)C(=O)Cn1c(N)nc2cc(F)c(OC)cc21. The third kappa shape index (κ3) is 2.76. The van der Waals surface area contributed by atoms with Crippen molar-refractivity contribution in [1.29, 1.82) is 0 Å². The number of hydrogen-bond donors (Lipinski definition) is 1. The second-order valence-electron chi connectivity index (χ2n) is 4.60. The van der Waals surface area contributed by atoms with Crippen molar-refractivity contribution in [3.8, 4) is 5.75 Å². The lowest BCUT2D eigenvalue weighted by Crippen LogP contribution is -2.33. The van der Waals surface area contributed by atoms with Gasteiger partial charge in [-0.15, -0.1) is 0 Å². The Morgan fingerprint density at radius 2 is 2.10 bits per heavy atom. The van der Waals surface area contributed by atoms with Crippen LogP contribution in [0.15, 0.2) is 12.1 Å². The van der Waals surface area contributed by atoms with Gasteiger partial charge < -0.3 is 19.9 Å². The van der Waals surface area contributed by atoms with Gasteiger partial charge in [-0.25, -0.2) is 9.37 Å². The minimum Gasteiger partial charge on any atom is -0.494 e. The van der Waals surface area contributed by atoms with Gasteiger partial charge in [0.1, 0.15) is 6.54 Å². The number of aromatic nitrogens is 2. The van der Waals surface area contributed by atoms with Gasteiger partial charge in [0.15, 0.2) is 11.6 Å². The zero-order valence-electron chi connectivity index (χ0n) is 12.4. The minimum absolute atomic E-state index is 0.0608. The van der Waals surface area contributed by atoms with Crippen LogP contribution in [0.1, 0.15) is 13.8 Å². The summed E-state index contributed by atoms with van der Waals surface area (Å²) < 4.78 is 20.2. The molecule has 21 heavy (non-hydrogen) atoms. The summed E-state index contributed by atoms with van der Waals surface area (Å²) in [6, 6.07) is 2.76. The molecule has 114 valence electrons. The number of hydrogen-bond acceptors (Lipinski definition) is 4. The lowest BCUT2D eigenvalue weighted by atomic mass is 10.3. The first kappa shape index (κ1) is 15.1. The maximum Gasteiger partial charge on any atom is 0.242 e. The van der Waals surface area contributed by atoms with E-state index in [0.29, 0.717) is 24.1 Å². The molecule has 0 saturated carbocycles. The summed E-state index contributed by atoms with van der Waals surface area (Å²) in [7, 11) is 1.38. The van der Waals surface area contributed by atoms with Gasteiger partial charge in [-0.3, -0.25) is 4.79 Å². The van der Waals surface area contributed by atoms with E-state index in [9.17, 15) is 9.18 Å². The number of benzene rings is 1. The number of fused-ring (bicyclic) bond motifs is 1. The molecule has 2 rings (SSSR count). The Balaban J connectivity index is 2.44. The van der Waals surface area contributed by atoms with Crippen LogP contribution in [0.4, 0.5) is 10.3 Å². The van der Waals surface area contributed by atoms with Crippen LogP contribution >= 0.6 is 0 Å². The lowest BCUT2D eigenvalue weighted by molar-refractivity contribution is -0.131. The van der Waals surface area contributed by atoms with Crippen molar-refractivity contribution >= 4 is 22.9 Å². The van der Waals surface area contributed by atoms with Gasteiger partial charge in [-0.1, -0.05) is 0 Å². The van der Waals surface area contributed by atoms with E-state index in [0.717, 1.165) is 0 Å². The van der Waals surface area contributed by atoms with Gasteiger partial charge in [-0.05, 0) is 13.8 Å². The van der Waals surface area contributed by atoms with Crippen molar-refractivity contribution in [2.45, 2.75) is 20.4 Å². The number of ether oxygens (including phenoxy) is 1. The maximum atomic E-state index is 13.7. The Morgan fingerprint density at radius 3 is 2.67 bits per heavy atom. The monoisotopic (exact) mass is 294 g/mol. The number of rotatable bonds is 5. The smallest absolute Gasteiger partial charge is 0.242 e. The number of nitrogens with zero attached hydrogens (tertiary/aromatic N) is 3. The van der Waals surface area contributed by atoms with Crippen LogP contribution < -0.4 is 10.5 Å². The number of nitrogen functional groups attached to an aromatic ring is 1. The predicted molar refractivity (Wildman–Crippen MR) is 78.6 cm³/mol. The highest BCUT2D eigenvalue weighted by atomic mass is 19.1. The molecule has 0 radical (unpaired) electrons. The van der Waals surface area contributed by atoms with Crippen molar-refractivity contribution in [1.82, 2.24) is 14.5 Å². The van der Waals surface area contributed by atoms with Crippen molar-refractivity contribution < 1.29 is 13.9 Å². The summed E-state index contributed by atoms with van der Waals surface area (Å²) in [5.74, 6) is -0.295. The van der Waals surface area contributed by atoms with Crippen LogP contribution in [0, 0.1) is 5.82 Å². The summed E-state index contributed by atoms with van der Waals surface area (Å²) in [6.07, 6.45) is 0. The third-order valence-corrected chi connectivity index (χ3v) is 3.46. The highest BCUT2D eigenvalue weighted by Crippen LogP contribution is 2.26. The molecular weight excluding hydrogens is 275 g/mol. The Bertz CT molecular complexity index is 665. The molecule has 1 amide bonds. The van der Waals surface area contributed by atoms with Gasteiger partial charge in [0.2, 0.25) is 11.9 Å². The fraction of sp³-hybridized carbons (Fsp3) is 0.429. The first-order chi connectivity index (χ1) is 10.0. The molecule has 2 aromatic rings. The summed E-state index contributed by atoms with van der Waals surface area (Å²) in [4.78, 5) is 18.0. The topological polar surface area (TPSA) is 73.4 Å². The number of imidazole rings is 1. The van der Waals surface area contributed by atoms with Crippen molar-refractivity contribution in [3.05, 3.63) is 17.9 Å². The number of nitrogens with two attached hydrogens (primary N) is 1. The number of amides is 1. The van der Waals surface area contributed by atoms with Gasteiger partial charge in [0.05, 0.1) is 18.1 Å². The molecule has 0 fully saturated rings. The average molecular weight is 294 g/mol. The molecule has 0 spiro atoms. The van der Waals surface area contributed by atoms with Crippen LogP contribution in [0.3, 0.4) is 0 Å². The first-order valence-electron chi connectivity index (χ1n) is 6.78. The number of halogens is 1. The standard InChI is InChI=1S/C14H19FN4O2/c1-4-18(5-2)13(20)8-19-11-7-12(21-3)9(15)6-10(11)17-14(19)16/h6-7H,4-5,8H2,1-3H3,(H2,16,17). The van der Waals surface area contributed by atoms with E-state index in [2.05, 4.69) is 4.98 Å². The number of anilines is 1. The van der Waals surface area contributed by atoms with E-state index < -0.39 is 5.82 Å². The van der Waals surface area contributed by atoms with Crippen LogP contribution in [-0.4, -0.2) is 40.6 Å². The van der Waals surface area contributed by atoms with Crippen LogP contribution in [0.5, 0.6) is 5.75 Å². The van der Waals surface area contributed by atoms with Crippen LogP contribution in [0.2, 0.25) is 0 Å². The van der Waals surface area contributed by atoms with Gasteiger partial charge in [0.25, 0.3) is 0 Å². The summed E-state index contributed by atoms with van der Waals surface area (Å²) in [5, 5.41) is 0. The highest BCUT2D eigenvalue weighted by molar-refractivity contribution is 5.84. The molecule has 0 aliphatic carbocycles. The van der Waals surface area contributed by atoms with Gasteiger partial charge >= 0.3 is 0 Å². The van der Waals surface area contributed by atoms with Crippen LogP contribution in [0.25, 0.3) is 11.0 Å². The molecule has 0 aliphatic rings. The van der Waals surface area contributed by atoms with Crippen molar-refractivity contribution in [2.75, 3.05) is 25.9 Å². The van der Waals surface area contributed by atoms with E-state index in [4.69, 9.17) is 10.5 Å². The molecule has 6 nitrogen and oxygen atoms in total. The number of likely N-dealkylation sites (N-methyl/N-ethyl adjacent to an activating group) is 1. The Morgan fingerprint density at radius 1 is 1.43 bits per heavy atom. The zero-order valence-corrected chi connectivity index (χ0v) is 12.4. The molecule has 0 atom stereocenters. The number of methoxy groups -OCH3 is 1. The normalized spacial score (nSPS) is 10.9. The molecule has 2 N–H and O–H groups in total. The zero-order chi connectivity index (χ0) is 15.6. The quantitative estimate of drug-likeness (QED) is 0.909. The Labute approximate surface area is 122 Å². The maximum absolute atomic E-state index is 13.7. The lowest BCUT2D eigenvalue weighted by Gasteiger charge is -2.19. The second-order valence-corrected chi connectivity index (χ2v) is 4.60. The highest BCUT2D eigenvalue weighted by Gasteiger charge is 2.17. The molecular formula is C14H19FN4O2. The molecule has 1 heterocycles. The van der Waals surface area contributed by atoms with Gasteiger partial charge in [-0.2, -0.15) is 0 Å². The molecule has 7 heteroatoms. The molecule has 0 aliphatic heterocycles. The van der Waals surface area contributed by atoms with E-state index in [1.54, 1.807) is 9.47 Å². The van der Waals surface area contributed by atoms with Crippen LogP contribution in [-0.2, 0) is 11.3 Å². The summed E-state index contributed by atoms with van der Waals surface area (Å²) >= 11 is 0.